The molecule has 1 amide bonds. The first-order valence-electron chi connectivity index (χ1n) is 6.37. The fourth-order valence-electron chi connectivity index (χ4n) is 1.67. The van der Waals surface area contributed by atoms with E-state index in [1.165, 1.54) is 6.07 Å². The zero-order valence-electron chi connectivity index (χ0n) is 11.5. The van der Waals surface area contributed by atoms with Gasteiger partial charge in [-0.15, -0.1) is 0 Å². The molecule has 0 bridgehead atoms. The van der Waals surface area contributed by atoms with E-state index in [1.807, 2.05) is 6.92 Å². The number of carboxylic acid groups (broad SMARTS) is 1. The molecule has 1 aromatic rings. The molecule has 0 aliphatic heterocycles. The van der Waals surface area contributed by atoms with Gasteiger partial charge in [-0.25, -0.2) is 0 Å². The average Bonchev–Trinajstić information content (AvgIpc) is 2.38. The van der Waals surface area contributed by atoms with E-state index in [1.54, 1.807) is 19.1 Å². The number of thiocarbonyl (C=S) groups is 1. The Labute approximate surface area is 123 Å². The van der Waals surface area contributed by atoms with Crippen molar-refractivity contribution in [2.75, 3.05) is 5.32 Å². The SMILES string of the molecule is CCCCC(=O)NC(=S)Nc1cccc(C(=O)[O-])c1C. The molecule has 108 valence electrons. The molecule has 20 heavy (non-hydrogen) atoms. The number of unbranched alkanes of at least 4 members (excludes halogenated alkanes) is 1. The van der Waals surface area contributed by atoms with Crippen LogP contribution in [0, 0.1) is 6.92 Å². The monoisotopic (exact) mass is 293 g/mol. The summed E-state index contributed by atoms with van der Waals surface area (Å²) in [7, 11) is 0. The van der Waals surface area contributed by atoms with Gasteiger partial charge in [0.2, 0.25) is 5.91 Å². The quantitative estimate of drug-likeness (QED) is 0.801. The third-order valence-electron chi connectivity index (χ3n) is 2.81. The Morgan fingerprint density at radius 3 is 2.65 bits per heavy atom. The van der Waals surface area contributed by atoms with Crippen molar-refractivity contribution >= 4 is 34.9 Å². The highest BCUT2D eigenvalue weighted by Crippen LogP contribution is 2.18. The molecule has 0 fully saturated rings. The first kappa shape index (κ1) is 16.1. The van der Waals surface area contributed by atoms with Crippen molar-refractivity contribution in [3.63, 3.8) is 0 Å². The summed E-state index contributed by atoms with van der Waals surface area (Å²) in [6.45, 7) is 3.65. The molecule has 0 radical (unpaired) electrons. The number of nitrogens with one attached hydrogen (secondary N) is 2. The van der Waals surface area contributed by atoms with Crippen LogP contribution in [0.4, 0.5) is 5.69 Å². The lowest BCUT2D eigenvalue weighted by molar-refractivity contribution is -0.255. The average molecular weight is 293 g/mol. The number of carbonyl (C=O) groups is 2. The van der Waals surface area contributed by atoms with Crippen LogP contribution in [0.2, 0.25) is 0 Å². The van der Waals surface area contributed by atoms with Gasteiger partial charge in [-0.05, 0) is 37.2 Å². The molecule has 1 aromatic carbocycles. The van der Waals surface area contributed by atoms with Gasteiger partial charge in [-0.3, -0.25) is 4.79 Å². The third kappa shape index (κ3) is 4.62. The molecule has 2 N–H and O–H groups in total. The summed E-state index contributed by atoms with van der Waals surface area (Å²) in [5, 5.41) is 16.5. The Morgan fingerprint density at radius 2 is 2.05 bits per heavy atom. The van der Waals surface area contributed by atoms with Crippen LogP contribution in [0.1, 0.15) is 42.1 Å². The fraction of sp³-hybridized carbons (Fsp3) is 0.357. The summed E-state index contributed by atoms with van der Waals surface area (Å²) in [5.74, 6) is -1.40. The van der Waals surface area contributed by atoms with E-state index in [2.05, 4.69) is 10.6 Å². The van der Waals surface area contributed by atoms with Crippen molar-refractivity contribution in [2.45, 2.75) is 33.1 Å². The third-order valence-corrected chi connectivity index (χ3v) is 3.02. The minimum atomic E-state index is -1.25. The molecule has 0 aliphatic carbocycles. The number of amides is 1. The Balaban J connectivity index is 2.69. The Kier molecular flexibility index (Phi) is 6.11. The Hall–Kier alpha value is -1.95. The standard InChI is InChI=1S/C14H18N2O3S/c1-3-4-8-12(17)16-14(20)15-11-7-5-6-10(9(11)2)13(18)19/h5-7H,3-4,8H2,1-2H3,(H,18,19)(H2,15,16,17,20)/p-1. The number of hydrogen-bond donors (Lipinski definition) is 2. The summed E-state index contributed by atoms with van der Waals surface area (Å²) in [6, 6.07) is 4.73. The van der Waals surface area contributed by atoms with Gasteiger partial charge >= 0.3 is 0 Å². The molecule has 5 nitrogen and oxygen atoms in total. The summed E-state index contributed by atoms with van der Waals surface area (Å²) < 4.78 is 0. The highest BCUT2D eigenvalue weighted by Gasteiger charge is 2.08. The van der Waals surface area contributed by atoms with Crippen molar-refractivity contribution in [1.29, 1.82) is 0 Å². The van der Waals surface area contributed by atoms with Crippen LogP contribution >= 0.6 is 12.2 Å². The number of anilines is 1. The number of carboxylic acids is 1. The minimum absolute atomic E-state index is 0.0927. The zero-order chi connectivity index (χ0) is 15.1. The van der Waals surface area contributed by atoms with Crippen LogP contribution in [-0.2, 0) is 4.79 Å². The predicted molar refractivity (Wildman–Crippen MR) is 79.4 cm³/mol. The zero-order valence-corrected chi connectivity index (χ0v) is 12.3. The number of carbonyl (C=O) groups excluding carboxylic acids is 2. The molecule has 0 aromatic heterocycles. The Morgan fingerprint density at radius 1 is 1.35 bits per heavy atom. The maximum Gasteiger partial charge on any atom is 0.226 e. The van der Waals surface area contributed by atoms with E-state index in [0.29, 0.717) is 17.7 Å². The predicted octanol–water partition coefficient (Wildman–Crippen LogP) is 1.36. The topological polar surface area (TPSA) is 81.3 Å². The highest BCUT2D eigenvalue weighted by atomic mass is 32.1. The van der Waals surface area contributed by atoms with Crippen molar-refractivity contribution in [3.05, 3.63) is 29.3 Å². The van der Waals surface area contributed by atoms with Crippen molar-refractivity contribution < 1.29 is 14.7 Å². The second-order valence-electron chi connectivity index (χ2n) is 4.37. The lowest BCUT2D eigenvalue weighted by Crippen LogP contribution is -2.34. The summed E-state index contributed by atoms with van der Waals surface area (Å²) in [4.78, 5) is 22.4. The maximum absolute atomic E-state index is 11.5. The molecular formula is C14H17N2O3S-. The van der Waals surface area contributed by atoms with Gasteiger partial charge in [0.25, 0.3) is 0 Å². The molecular weight excluding hydrogens is 276 g/mol. The smallest absolute Gasteiger partial charge is 0.226 e. The highest BCUT2D eigenvalue weighted by molar-refractivity contribution is 7.80. The number of benzene rings is 1. The first-order valence-corrected chi connectivity index (χ1v) is 6.78. The molecule has 0 unspecified atom stereocenters. The molecule has 0 spiro atoms. The van der Waals surface area contributed by atoms with Gasteiger partial charge in [-0.1, -0.05) is 25.5 Å². The Bertz CT molecular complexity index is 529. The maximum atomic E-state index is 11.5. The van der Waals surface area contributed by atoms with E-state index < -0.39 is 5.97 Å². The minimum Gasteiger partial charge on any atom is -0.545 e. The summed E-state index contributed by atoms with van der Waals surface area (Å²) in [6.07, 6.45) is 2.14. The fourth-order valence-corrected chi connectivity index (χ4v) is 1.90. The molecule has 0 aliphatic rings. The van der Waals surface area contributed by atoms with Gasteiger partial charge in [0.1, 0.15) is 0 Å². The second-order valence-corrected chi connectivity index (χ2v) is 4.78. The van der Waals surface area contributed by atoms with Gasteiger partial charge in [-0.2, -0.15) is 0 Å². The largest absolute Gasteiger partial charge is 0.545 e. The van der Waals surface area contributed by atoms with Crippen molar-refractivity contribution in [3.8, 4) is 0 Å². The molecule has 0 atom stereocenters. The summed E-state index contributed by atoms with van der Waals surface area (Å²) in [5.41, 5.74) is 1.14. The van der Waals surface area contributed by atoms with E-state index in [0.717, 1.165) is 12.8 Å². The molecule has 0 saturated heterocycles. The molecule has 1 rings (SSSR count). The van der Waals surface area contributed by atoms with Gasteiger partial charge < -0.3 is 20.5 Å². The number of hydrogen-bond acceptors (Lipinski definition) is 4. The second kappa shape index (κ2) is 7.59. The summed E-state index contributed by atoms with van der Waals surface area (Å²) >= 11 is 5.03. The van der Waals surface area contributed by atoms with Crippen LogP contribution in [0.3, 0.4) is 0 Å². The van der Waals surface area contributed by atoms with Crippen molar-refractivity contribution in [2.24, 2.45) is 0 Å². The molecule has 6 heteroatoms. The van der Waals surface area contributed by atoms with E-state index in [4.69, 9.17) is 12.2 Å². The first-order chi connectivity index (χ1) is 9.45. The van der Waals surface area contributed by atoms with Gasteiger partial charge in [0.15, 0.2) is 5.11 Å². The lowest BCUT2D eigenvalue weighted by atomic mass is 10.1. The molecule has 0 saturated carbocycles. The van der Waals surface area contributed by atoms with Crippen LogP contribution in [-0.4, -0.2) is 17.0 Å². The lowest BCUT2D eigenvalue weighted by Gasteiger charge is -2.14. The van der Waals surface area contributed by atoms with Crippen LogP contribution in [0.25, 0.3) is 0 Å². The van der Waals surface area contributed by atoms with Crippen molar-refractivity contribution in [1.82, 2.24) is 5.32 Å². The van der Waals surface area contributed by atoms with Crippen LogP contribution in [0.15, 0.2) is 18.2 Å². The van der Waals surface area contributed by atoms with E-state index in [9.17, 15) is 14.7 Å². The van der Waals surface area contributed by atoms with E-state index in [-0.39, 0.29) is 16.6 Å². The number of aromatic carboxylic acids is 1. The van der Waals surface area contributed by atoms with Gasteiger partial charge in [0.05, 0.1) is 5.97 Å². The number of rotatable bonds is 5. The van der Waals surface area contributed by atoms with Crippen LogP contribution < -0.4 is 15.7 Å². The van der Waals surface area contributed by atoms with Gasteiger partial charge in [0, 0.05) is 17.7 Å². The normalized spacial score (nSPS) is 9.90. The van der Waals surface area contributed by atoms with Crippen LogP contribution in [0.5, 0.6) is 0 Å². The van der Waals surface area contributed by atoms with E-state index >= 15 is 0 Å². The molecule has 0 heterocycles.